The molecule has 2 N–H and O–H groups in total. The summed E-state index contributed by atoms with van der Waals surface area (Å²) in [6, 6.07) is 2.56. The minimum atomic E-state index is -3.75. The number of aromatic nitrogens is 2. The number of nitrogens with zero attached hydrogens (tertiary/aromatic N) is 2. The molecular formula is C11H10BrF2N2O3P. The van der Waals surface area contributed by atoms with Gasteiger partial charge >= 0.3 is 11.7 Å². The van der Waals surface area contributed by atoms with E-state index in [1.165, 1.54) is 12.3 Å². The van der Waals surface area contributed by atoms with Crippen molar-refractivity contribution in [1.82, 2.24) is 9.97 Å². The van der Waals surface area contributed by atoms with Gasteiger partial charge in [-0.15, -0.1) is 0 Å². The summed E-state index contributed by atoms with van der Waals surface area (Å²) in [6.45, 7) is 2.10. The second kappa shape index (κ2) is 5.81. The zero-order valence-corrected chi connectivity index (χ0v) is 12.7. The van der Waals surface area contributed by atoms with Crippen molar-refractivity contribution in [2.24, 2.45) is 0 Å². The summed E-state index contributed by atoms with van der Waals surface area (Å²) < 4.78 is 32.6. The van der Waals surface area contributed by atoms with Crippen LogP contribution in [0.3, 0.4) is 0 Å². The predicted octanol–water partition coefficient (Wildman–Crippen LogP) is 3.14. The minimum absolute atomic E-state index is 0.0540. The van der Waals surface area contributed by atoms with Gasteiger partial charge in [-0.3, -0.25) is 0 Å². The van der Waals surface area contributed by atoms with Gasteiger partial charge in [-0.2, -0.15) is 13.8 Å². The molecule has 0 aliphatic heterocycles. The summed E-state index contributed by atoms with van der Waals surface area (Å²) in [5.41, 5.74) is -4.06. The van der Waals surface area contributed by atoms with Crippen molar-refractivity contribution >= 4 is 35.2 Å². The van der Waals surface area contributed by atoms with Crippen molar-refractivity contribution in [2.45, 2.75) is 12.6 Å². The van der Waals surface area contributed by atoms with Crippen LogP contribution in [0.5, 0.6) is 6.01 Å². The van der Waals surface area contributed by atoms with Crippen LogP contribution in [-0.4, -0.2) is 26.4 Å². The fourth-order valence-electron chi connectivity index (χ4n) is 1.57. The Morgan fingerprint density at radius 3 is 2.70 bits per heavy atom. The van der Waals surface area contributed by atoms with Crippen LogP contribution in [0.25, 0.3) is 10.9 Å². The summed E-state index contributed by atoms with van der Waals surface area (Å²) in [6.07, 6.45) is 1.45. The van der Waals surface area contributed by atoms with Gasteiger partial charge in [0.1, 0.15) is 0 Å². The van der Waals surface area contributed by atoms with Crippen LogP contribution in [0.15, 0.2) is 22.8 Å². The number of fused-ring (bicyclic) bond motifs is 1. The molecule has 0 saturated heterocycles. The number of hydrogen-bond acceptors (Lipinski definition) is 5. The van der Waals surface area contributed by atoms with Crippen molar-refractivity contribution in [2.75, 3.05) is 6.61 Å². The van der Waals surface area contributed by atoms with Crippen molar-refractivity contribution in [3.05, 3.63) is 28.4 Å². The Balaban J connectivity index is 2.59. The number of hydrogen-bond donors (Lipinski definition) is 2. The molecule has 0 spiro atoms. The predicted molar refractivity (Wildman–Crippen MR) is 73.7 cm³/mol. The molecular weight excluding hydrogens is 357 g/mol. The van der Waals surface area contributed by atoms with Crippen molar-refractivity contribution in [3.63, 3.8) is 0 Å². The molecule has 2 aromatic rings. The molecule has 0 aliphatic rings. The first-order valence-electron chi connectivity index (χ1n) is 5.51. The lowest BCUT2D eigenvalue weighted by atomic mass is 10.1. The molecule has 0 radical (unpaired) electrons. The number of rotatable bonds is 4. The van der Waals surface area contributed by atoms with Crippen molar-refractivity contribution < 1.29 is 23.3 Å². The van der Waals surface area contributed by atoms with Gasteiger partial charge in [0.15, 0.2) is 0 Å². The Bertz CT molecular complexity index is 642. The van der Waals surface area contributed by atoms with Gasteiger partial charge in [0.25, 0.3) is 0 Å². The highest BCUT2D eigenvalue weighted by molar-refractivity contribution is 9.10. The molecule has 0 unspecified atom stereocenters. The SMILES string of the molecule is CCOc1ncc2cc(Br)c(C(F)(F)P(O)O)cc2n1. The average molecular weight is 367 g/mol. The maximum atomic E-state index is 13.7. The molecule has 20 heavy (non-hydrogen) atoms. The van der Waals surface area contributed by atoms with Gasteiger partial charge < -0.3 is 14.5 Å². The van der Waals surface area contributed by atoms with E-state index < -0.39 is 19.6 Å². The maximum absolute atomic E-state index is 13.7. The quantitative estimate of drug-likeness (QED) is 0.813. The van der Waals surface area contributed by atoms with Gasteiger partial charge in [-0.25, -0.2) is 4.98 Å². The molecule has 5 nitrogen and oxygen atoms in total. The first-order chi connectivity index (χ1) is 9.36. The summed E-state index contributed by atoms with van der Waals surface area (Å²) in [5.74, 6) is 0. The van der Waals surface area contributed by atoms with Crippen molar-refractivity contribution in [3.8, 4) is 6.01 Å². The van der Waals surface area contributed by atoms with E-state index in [4.69, 9.17) is 14.5 Å². The second-order valence-electron chi connectivity index (χ2n) is 3.81. The fraction of sp³-hybridized carbons (Fsp3) is 0.273. The van der Waals surface area contributed by atoms with Crippen LogP contribution in [0.4, 0.5) is 8.78 Å². The average Bonchev–Trinajstić information content (AvgIpc) is 2.38. The van der Waals surface area contributed by atoms with Crippen LogP contribution in [0, 0.1) is 0 Å². The fourth-order valence-corrected chi connectivity index (χ4v) is 2.73. The zero-order chi connectivity index (χ0) is 14.9. The lowest BCUT2D eigenvalue weighted by Crippen LogP contribution is -2.11. The molecule has 1 aromatic heterocycles. The van der Waals surface area contributed by atoms with Crippen LogP contribution in [0.2, 0.25) is 0 Å². The lowest BCUT2D eigenvalue weighted by molar-refractivity contribution is 0.0726. The molecule has 0 atom stereocenters. The van der Waals surface area contributed by atoms with E-state index in [9.17, 15) is 8.78 Å². The molecule has 0 saturated carbocycles. The van der Waals surface area contributed by atoms with Gasteiger partial charge in [-0.05, 0) is 19.1 Å². The van der Waals surface area contributed by atoms with E-state index in [0.29, 0.717) is 12.0 Å². The highest BCUT2D eigenvalue weighted by Crippen LogP contribution is 2.54. The summed E-state index contributed by atoms with van der Waals surface area (Å²) in [7, 11) is -3.44. The van der Waals surface area contributed by atoms with Gasteiger partial charge in [-0.1, -0.05) is 15.9 Å². The topological polar surface area (TPSA) is 75.5 Å². The maximum Gasteiger partial charge on any atom is 0.340 e. The second-order valence-corrected chi connectivity index (χ2v) is 5.80. The zero-order valence-electron chi connectivity index (χ0n) is 10.2. The lowest BCUT2D eigenvalue weighted by Gasteiger charge is -2.19. The molecule has 0 amide bonds. The normalized spacial score (nSPS) is 12.2. The van der Waals surface area contributed by atoms with E-state index in [2.05, 4.69) is 25.9 Å². The molecule has 0 fully saturated rings. The Labute approximate surface area is 122 Å². The van der Waals surface area contributed by atoms with Gasteiger partial charge in [0.05, 0.1) is 12.1 Å². The largest absolute Gasteiger partial charge is 0.464 e. The summed E-state index contributed by atoms with van der Waals surface area (Å²) >= 11 is 2.99. The number of ether oxygens (including phenoxy) is 1. The Morgan fingerprint density at radius 2 is 2.10 bits per heavy atom. The highest BCUT2D eigenvalue weighted by Gasteiger charge is 2.42. The molecule has 1 aromatic carbocycles. The molecule has 108 valence electrons. The van der Waals surface area contributed by atoms with E-state index in [-0.39, 0.29) is 16.0 Å². The molecule has 0 aliphatic carbocycles. The van der Waals surface area contributed by atoms with Gasteiger partial charge in [0.2, 0.25) is 8.38 Å². The van der Waals surface area contributed by atoms with Crippen LogP contribution < -0.4 is 4.74 Å². The standard InChI is InChI=1S/C11H10BrF2N2O3P/c1-2-19-10-15-5-6-3-8(12)7(4-9(6)16-10)11(13,14)20(17)18/h3-5,17-18H,2H2,1H3. The number of halogens is 3. The Kier molecular flexibility index (Phi) is 4.49. The van der Waals surface area contributed by atoms with Gasteiger partial charge in [0, 0.05) is 21.6 Å². The Hall–Kier alpha value is -0.950. The first-order valence-corrected chi connectivity index (χ1v) is 7.55. The highest BCUT2D eigenvalue weighted by atomic mass is 79.9. The monoisotopic (exact) mass is 366 g/mol. The first kappa shape index (κ1) is 15.4. The van der Waals surface area contributed by atoms with E-state index in [1.807, 2.05) is 0 Å². The van der Waals surface area contributed by atoms with Crippen LogP contribution in [0.1, 0.15) is 12.5 Å². The molecule has 2 rings (SSSR count). The third kappa shape index (κ3) is 2.88. The smallest absolute Gasteiger partial charge is 0.340 e. The van der Waals surface area contributed by atoms with Crippen LogP contribution in [-0.2, 0) is 5.66 Å². The summed E-state index contributed by atoms with van der Waals surface area (Å²) in [5, 5.41) is 0.528. The molecule has 1 heterocycles. The Morgan fingerprint density at radius 1 is 1.40 bits per heavy atom. The van der Waals surface area contributed by atoms with Crippen molar-refractivity contribution in [1.29, 1.82) is 0 Å². The third-order valence-electron chi connectivity index (χ3n) is 2.50. The summed E-state index contributed by atoms with van der Waals surface area (Å²) in [4.78, 5) is 25.6. The third-order valence-corrected chi connectivity index (χ3v) is 3.89. The number of alkyl halides is 2. The van der Waals surface area contributed by atoms with E-state index in [1.54, 1.807) is 6.92 Å². The van der Waals surface area contributed by atoms with Crippen LogP contribution >= 0.6 is 24.3 Å². The minimum Gasteiger partial charge on any atom is -0.464 e. The van der Waals surface area contributed by atoms with E-state index in [0.717, 1.165) is 6.07 Å². The van der Waals surface area contributed by atoms with E-state index >= 15 is 0 Å². The molecule has 0 bridgehead atoms. The molecule has 9 heteroatoms. The number of benzene rings is 1.